The van der Waals surface area contributed by atoms with Crippen molar-refractivity contribution in [3.8, 4) is 5.75 Å². The summed E-state index contributed by atoms with van der Waals surface area (Å²) in [6.45, 7) is 9.60. The number of hydrogen-bond acceptors (Lipinski definition) is 3. The molecule has 120 valence electrons. The van der Waals surface area contributed by atoms with Crippen molar-refractivity contribution in [2.75, 3.05) is 33.3 Å². The summed E-state index contributed by atoms with van der Waals surface area (Å²) in [5, 5.41) is 3.15. The van der Waals surface area contributed by atoms with Gasteiger partial charge in [0.15, 0.2) is 0 Å². The van der Waals surface area contributed by atoms with E-state index in [0.29, 0.717) is 0 Å². The van der Waals surface area contributed by atoms with Crippen molar-refractivity contribution in [3.05, 3.63) is 29.8 Å². The normalized spacial score (nSPS) is 11.0. The Morgan fingerprint density at radius 2 is 1.57 bits per heavy atom. The molecule has 3 nitrogen and oxygen atoms in total. The van der Waals surface area contributed by atoms with E-state index in [0.717, 1.165) is 25.4 Å². The first-order chi connectivity index (χ1) is 10.3. The Morgan fingerprint density at radius 1 is 0.952 bits per heavy atom. The number of hydrogen-bond donors (Lipinski definition) is 1. The van der Waals surface area contributed by atoms with Crippen LogP contribution in [-0.4, -0.2) is 38.2 Å². The number of nitrogens with zero attached hydrogens (tertiary/aromatic N) is 1. The molecule has 0 aliphatic carbocycles. The lowest BCUT2D eigenvalue weighted by Gasteiger charge is -2.22. The molecule has 0 bridgehead atoms. The molecule has 0 radical (unpaired) electrons. The molecule has 0 heterocycles. The van der Waals surface area contributed by atoms with E-state index >= 15 is 0 Å². The second-order valence-corrected chi connectivity index (χ2v) is 5.57. The van der Waals surface area contributed by atoms with E-state index in [4.69, 9.17) is 4.74 Å². The predicted molar refractivity (Wildman–Crippen MR) is 91.0 cm³/mol. The van der Waals surface area contributed by atoms with Crippen molar-refractivity contribution < 1.29 is 4.74 Å². The Labute approximate surface area is 130 Å². The Bertz CT molecular complexity index is 343. The van der Waals surface area contributed by atoms with E-state index in [2.05, 4.69) is 48.3 Å². The Morgan fingerprint density at radius 3 is 2.10 bits per heavy atom. The van der Waals surface area contributed by atoms with Crippen molar-refractivity contribution >= 4 is 0 Å². The highest BCUT2D eigenvalue weighted by Gasteiger charge is 2.04. The number of unbranched alkanes of at least 4 members (excludes halogenated alkanes) is 2. The van der Waals surface area contributed by atoms with Crippen molar-refractivity contribution in [2.24, 2.45) is 0 Å². The molecule has 0 amide bonds. The highest BCUT2D eigenvalue weighted by atomic mass is 16.5. The molecule has 0 fully saturated rings. The summed E-state index contributed by atoms with van der Waals surface area (Å²) >= 11 is 0. The first-order valence-corrected chi connectivity index (χ1v) is 8.38. The predicted octanol–water partition coefficient (Wildman–Crippen LogP) is 3.69. The molecule has 1 aromatic rings. The molecular weight excluding hydrogens is 260 g/mol. The molecule has 21 heavy (non-hydrogen) atoms. The summed E-state index contributed by atoms with van der Waals surface area (Å²) in [4.78, 5) is 2.53. The minimum atomic E-state index is 0.777. The van der Waals surface area contributed by atoms with Gasteiger partial charge >= 0.3 is 0 Å². The van der Waals surface area contributed by atoms with Gasteiger partial charge in [-0.25, -0.2) is 0 Å². The molecule has 0 aliphatic rings. The highest BCUT2D eigenvalue weighted by Crippen LogP contribution is 2.12. The monoisotopic (exact) mass is 292 g/mol. The van der Waals surface area contributed by atoms with Crippen molar-refractivity contribution in [2.45, 2.75) is 46.1 Å². The number of ether oxygens (including phenoxy) is 1. The van der Waals surface area contributed by atoms with E-state index in [1.165, 1.54) is 44.3 Å². The van der Waals surface area contributed by atoms with E-state index < -0.39 is 0 Å². The zero-order chi connectivity index (χ0) is 15.3. The summed E-state index contributed by atoms with van der Waals surface area (Å²) < 4.78 is 5.87. The Kier molecular flexibility index (Phi) is 9.92. The lowest BCUT2D eigenvalue weighted by molar-refractivity contribution is 0.204. The van der Waals surface area contributed by atoms with Crippen LogP contribution in [-0.2, 0) is 6.54 Å². The molecule has 1 aromatic carbocycles. The molecule has 1 N–H and O–H groups in total. The fourth-order valence-corrected chi connectivity index (χ4v) is 2.30. The van der Waals surface area contributed by atoms with Crippen LogP contribution in [0.3, 0.4) is 0 Å². The minimum Gasteiger partial charge on any atom is -0.492 e. The van der Waals surface area contributed by atoms with Gasteiger partial charge < -0.3 is 10.1 Å². The van der Waals surface area contributed by atoms with Gasteiger partial charge in [0.05, 0.1) is 0 Å². The number of benzene rings is 1. The third-order valence-corrected chi connectivity index (χ3v) is 3.64. The van der Waals surface area contributed by atoms with Gasteiger partial charge in [-0.15, -0.1) is 0 Å². The average Bonchev–Trinajstić information content (AvgIpc) is 2.51. The number of nitrogens with one attached hydrogen (secondary N) is 1. The molecule has 0 spiro atoms. The van der Waals surface area contributed by atoms with Crippen LogP contribution in [0.4, 0.5) is 0 Å². The van der Waals surface area contributed by atoms with Gasteiger partial charge in [0.2, 0.25) is 0 Å². The Hall–Kier alpha value is -1.06. The maximum absolute atomic E-state index is 5.87. The molecule has 1 rings (SSSR count). The quantitative estimate of drug-likeness (QED) is 0.636. The van der Waals surface area contributed by atoms with E-state index in [1.807, 2.05) is 7.05 Å². The number of rotatable bonds is 12. The summed E-state index contributed by atoms with van der Waals surface area (Å²) in [5.41, 5.74) is 1.29. The molecule has 0 saturated carbocycles. The van der Waals surface area contributed by atoms with Gasteiger partial charge in [-0.2, -0.15) is 0 Å². The van der Waals surface area contributed by atoms with Gasteiger partial charge in [0, 0.05) is 13.1 Å². The summed E-state index contributed by atoms with van der Waals surface area (Å²) in [5.74, 6) is 0.973. The Balaban J connectivity index is 2.30. The molecule has 0 atom stereocenters. The summed E-state index contributed by atoms with van der Waals surface area (Å²) in [7, 11) is 1.96. The second kappa shape index (κ2) is 11.6. The van der Waals surface area contributed by atoms with Gasteiger partial charge in [0.1, 0.15) is 12.4 Å². The third-order valence-electron chi connectivity index (χ3n) is 3.64. The zero-order valence-electron chi connectivity index (χ0n) is 14.0. The van der Waals surface area contributed by atoms with Crippen LogP contribution < -0.4 is 10.1 Å². The third kappa shape index (κ3) is 8.08. The lowest BCUT2D eigenvalue weighted by Crippen LogP contribution is -2.30. The smallest absolute Gasteiger partial charge is 0.119 e. The topological polar surface area (TPSA) is 24.5 Å². The van der Waals surface area contributed by atoms with Crippen LogP contribution >= 0.6 is 0 Å². The SMILES string of the molecule is CCCCN(CCCC)CCOc1ccc(CNC)cc1. The van der Waals surface area contributed by atoms with Crippen LogP contribution in [0.1, 0.15) is 45.1 Å². The van der Waals surface area contributed by atoms with Gasteiger partial charge in [-0.05, 0) is 50.7 Å². The van der Waals surface area contributed by atoms with Crippen LogP contribution in [0.2, 0.25) is 0 Å². The maximum Gasteiger partial charge on any atom is 0.119 e. The molecular formula is C18H32N2O. The fourth-order valence-electron chi connectivity index (χ4n) is 2.30. The van der Waals surface area contributed by atoms with Crippen molar-refractivity contribution in [1.29, 1.82) is 0 Å². The average molecular weight is 292 g/mol. The first kappa shape index (κ1) is 18.0. The first-order valence-electron chi connectivity index (χ1n) is 8.38. The molecule has 3 heteroatoms. The molecule has 0 saturated heterocycles. The highest BCUT2D eigenvalue weighted by molar-refractivity contribution is 5.27. The second-order valence-electron chi connectivity index (χ2n) is 5.57. The van der Waals surface area contributed by atoms with E-state index in [-0.39, 0.29) is 0 Å². The largest absolute Gasteiger partial charge is 0.492 e. The van der Waals surface area contributed by atoms with Gasteiger partial charge in [0.25, 0.3) is 0 Å². The van der Waals surface area contributed by atoms with E-state index in [1.54, 1.807) is 0 Å². The summed E-state index contributed by atoms with van der Waals surface area (Å²) in [6, 6.07) is 8.37. The van der Waals surface area contributed by atoms with Crippen LogP contribution in [0, 0.1) is 0 Å². The minimum absolute atomic E-state index is 0.777. The molecule has 0 aliphatic heterocycles. The van der Waals surface area contributed by atoms with Crippen LogP contribution in [0.25, 0.3) is 0 Å². The molecule has 0 unspecified atom stereocenters. The van der Waals surface area contributed by atoms with Crippen molar-refractivity contribution in [3.63, 3.8) is 0 Å². The maximum atomic E-state index is 5.87. The lowest BCUT2D eigenvalue weighted by atomic mass is 10.2. The van der Waals surface area contributed by atoms with Crippen LogP contribution in [0.15, 0.2) is 24.3 Å². The fraction of sp³-hybridized carbons (Fsp3) is 0.667. The molecule has 0 aromatic heterocycles. The van der Waals surface area contributed by atoms with E-state index in [9.17, 15) is 0 Å². The van der Waals surface area contributed by atoms with Gasteiger partial charge in [-0.3, -0.25) is 4.90 Å². The van der Waals surface area contributed by atoms with Crippen LogP contribution in [0.5, 0.6) is 5.75 Å². The summed E-state index contributed by atoms with van der Waals surface area (Å²) in [6.07, 6.45) is 5.08. The standard InChI is InChI=1S/C18H32N2O/c1-4-6-12-20(13-7-5-2)14-15-21-18-10-8-17(9-11-18)16-19-3/h8-11,19H,4-7,12-16H2,1-3H3. The van der Waals surface area contributed by atoms with Crippen molar-refractivity contribution in [1.82, 2.24) is 10.2 Å². The van der Waals surface area contributed by atoms with Gasteiger partial charge in [-0.1, -0.05) is 38.8 Å². The zero-order valence-corrected chi connectivity index (χ0v) is 14.0.